The zero-order chi connectivity index (χ0) is 20.8. The summed E-state index contributed by atoms with van der Waals surface area (Å²) in [5.74, 6) is -0.338. The lowest BCUT2D eigenvalue weighted by atomic mass is 10.2. The van der Waals surface area contributed by atoms with E-state index in [4.69, 9.17) is 0 Å². The molecule has 0 radical (unpaired) electrons. The molecule has 2 aromatic carbocycles. The lowest BCUT2D eigenvalue weighted by Gasteiger charge is -2.23. The van der Waals surface area contributed by atoms with Gasteiger partial charge in [0.15, 0.2) is 9.84 Å². The maximum atomic E-state index is 13.1. The average Bonchev–Trinajstić information content (AvgIpc) is 3.12. The van der Waals surface area contributed by atoms with Gasteiger partial charge in [-0.2, -0.15) is 0 Å². The molecule has 2 atom stereocenters. The van der Waals surface area contributed by atoms with Crippen molar-refractivity contribution in [3.05, 3.63) is 48.0 Å². The quantitative estimate of drug-likeness (QED) is 0.805. The summed E-state index contributed by atoms with van der Waals surface area (Å²) in [5.41, 5.74) is 2.48. The Hall–Kier alpha value is -2.32. The molecule has 2 amide bonds. The smallest absolute Gasteiger partial charge is 0.237 e. The predicted molar refractivity (Wildman–Crippen MR) is 114 cm³/mol. The minimum Gasteiger partial charge on any atom is -0.324 e. The van der Waals surface area contributed by atoms with Crippen LogP contribution in [0.2, 0.25) is 0 Å². The minimum absolute atomic E-state index is 0.0914. The Labute approximate surface area is 174 Å². The molecule has 2 aliphatic rings. The Bertz CT molecular complexity index is 1100. The summed E-state index contributed by atoms with van der Waals surface area (Å²) in [6, 6.07) is 12.5. The van der Waals surface area contributed by atoms with Crippen LogP contribution in [0.25, 0.3) is 0 Å². The van der Waals surface area contributed by atoms with E-state index in [1.807, 2.05) is 24.3 Å². The monoisotopic (exact) mass is 430 g/mol. The second kappa shape index (κ2) is 7.50. The van der Waals surface area contributed by atoms with Gasteiger partial charge < -0.3 is 10.2 Å². The molecule has 6 nitrogen and oxygen atoms in total. The topological polar surface area (TPSA) is 83.6 Å². The summed E-state index contributed by atoms with van der Waals surface area (Å²) in [6.45, 7) is 3.94. The second-order valence-corrected chi connectivity index (χ2v) is 11.1. The van der Waals surface area contributed by atoms with E-state index in [2.05, 4.69) is 5.32 Å². The first-order valence-corrected chi connectivity index (χ1v) is 11.9. The van der Waals surface area contributed by atoms with Crippen LogP contribution < -0.4 is 10.2 Å². The van der Waals surface area contributed by atoms with Gasteiger partial charge in [0.05, 0.1) is 21.1 Å². The number of rotatable bonds is 4. The molecule has 2 aromatic rings. The number of hydrogen-bond acceptors (Lipinski definition) is 5. The average molecular weight is 431 g/mol. The van der Waals surface area contributed by atoms with Crippen molar-refractivity contribution >= 4 is 44.8 Å². The fourth-order valence-electron chi connectivity index (χ4n) is 3.66. The number of para-hydroxylation sites is 1. The Morgan fingerprint density at radius 1 is 1.28 bits per heavy atom. The van der Waals surface area contributed by atoms with Crippen molar-refractivity contribution in [1.29, 1.82) is 0 Å². The third kappa shape index (κ3) is 3.67. The molecule has 2 aliphatic heterocycles. The number of sulfone groups is 1. The normalized spacial score (nSPS) is 19.3. The van der Waals surface area contributed by atoms with Crippen LogP contribution in [0.15, 0.2) is 52.3 Å². The summed E-state index contributed by atoms with van der Waals surface area (Å²) in [4.78, 5) is 27.4. The van der Waals surface area contributed by atoms with Crippen LogP contribution in [-0.2, 0) is 25.8 Å². The van der Waals surface area contributed by atoms with E-state index in [0.717, 1.165) is 22.6 Å². The second-order valence-electron chi connectivity index (χ2n) is 7.39. The van der Waals surface area contributed by atoms with Gasteiger partial charge in [-0.1, -0.05) is 18.2 Å². The van der Waals surface area contributed by atoms with E-state index in [9.17, 15) is 18.0 Å². The number of anilines is 2. The van der Waals surface area contributed by atoms with E-state index in [0.29, 0.717) is 12.2 Å². The third-order valence-corrected chi connectivity index (χ3v) is 8.71. The van der Waals surface area contributed by atoms with Gasteiger partial charge in [-0.25, -0.2) is 8.42 Å². The first-order valence-electron chi connectivity index (χ1n) is 9.51. The highest BCUT2D eigenvalue weighted by Crippen LogP contribution is 2.37. The molecule has 0 bridgehead atoms. The third-order valence-electron chi connectivity index (χ3n) is 5.39. The summed E-state index contributed by atoms with van der Waals surface area (Å²) >= 11 is 1.40. The number of nitrogens with one attached hydrogen (secondary N) is 1. The van der Waals surface area contributed by atoms with E-state index < -0.39 is 15.1 Å². The number of carbonyl (C=O) groups excluding carboxylic acids is 2. The predicted octanol–water partition coefficient (Wildman–Crippen LogP) is 3.26. The van der Waals surface area contributed by atoms with Crippen LogP contribution in [-0.4, -0.2) is 37.3 Å². The number of thioether (sulfide) groups is 1. The van der Waals surface area contributed by atoms with Gasteiger partial charge in [0.1, 0.15) is 0 Å². The molecular formula is C21H22N2O4S2. The van der Waals surface area contributed by atoms with Crippen molar-refractivity contribution < 1.29 is 18.0 Å². The number of nitrogens with zero attached hydrogens (tertiary/aromatic N) is 1. The molecule has 8 heteroatoms. The Kier molecular flexibility index (Phi) is 5.16. The van der Waals surface area contributed by atoms with E-state index >= 15 is 0 Å². The molecule has 0 saturated heterocycles. The van der Waals surface area contributed by atoms with Crippen LogP contribution in [0, 0.1) is 0 Å². The number of carbonyl (C=O) groups is 2. The lowest BCUT2D eigenvalue weighted by Crippen LogP contribution is -2.33. The fourth-order valence-corrected chi connectivity index (χ4v) is 5.96. The number of amides is 2. The Morgan fingerprint density at radius 2 is 2.03 bits per heavy atom. The molecular weight excluding hydrogens is 408 g/mol. The van der Waals surface area contributed by atoms with Gasteiger partial charge in [0.2, 0.25) is 11.8 Å². The Morgan fingerprint density at radius 3 is 2.83 bits per heavy atom. The van der Waals surface area contributed by atoms with Gasteiger partial charge in [-0.3, -0.25) is 9.59 Å². The van der Waals surface area contributed by atoms with Crippen LogP contribution in [0.4, 0.5) is 11.4 Å². The van der Waals surface area contributed by atoms with Crippen molar-refractivity contribution in [2.75, 3.05) is 16.8 Å². The highest BCUT2D eigenvalue weighted by atomic mass is 32.2. The maximum absolute atomic E-state index is 13.1. The van der Waals surface area contributed by atoms with Crippen molar-refractivity contribution in [3.8, 4) is 0 Å². The molecule has 0 aliphatic carbocycles. The van der Waals surface area contributed by atoms with Crippen molar-refractivity contribution in [1.82, 2.24) is 0 Å². The van der Waals surface area contributed by atoms with Crippen molar-refractivity contribution in [2.24, 2.45) is 0 Å². The molecule has 0 aromatic heterocycles. The molecule has 0 fully saturated rings. The minimum atomic E-state index is -3.71. The summed E-state index contributed by atoms with van der Waals surface area (Å²) in [6.07, 6.45) is 0.690. The maximum Gasteiger partial charge on any atom is 0.237 e. The standard InChI is InChI=1S/C21H22N2O4S2/c1-13(11-20(24)23-10-9-15-5-3-4-6-18(15)23)29(26,27)16-7-8-19-17(12-16)22-21(25)14(2)28-19/h3-8,12-14H,9-11H2,1-2H3,(H,22,25)/t13-,14-/m1/s1. The van der Waals surface area contributed by atoms with Crippen LogP contribution in [0.1, 0.15) is 25.8 Å². The van der Waals surface area contributed by atoms with Crippen LogP contribution in [0.3, 0.4) is 0 Å². The highest BCUT2D eigenvalue weighted by molar-refractivity contribution is 8.01. The van der Waals surface area contributed by atoms with E-state index in [-0.39, 0.29) is 28.4 Å². The molecule has 2 heterocycles. The molecule has 0 unspecified atom stereocenters. The first kappa shape index (κ1) is 20.0. The molecule has 152 valence electrons. The molecule has 1 N–H and O–H groups in total. The SMILES string of the molecule is C[C@H](CC(=O)N1CCc2ccccc21)S(=O)(=O)c1ccc2c(c1)NC(=O)[C@@H](C)S2. The highest BCUT2D eigenvalue weighted by Gasteiger charge is 2.32. The zero-order valence-electron chi connectivity index (χ0n) is 16.2. The molecule has 0 saturated carbocycles. The summed E-state index contributed by atoms with van der Waals surface area (Å²) < 4.78 is 26.1. The number of fused-ring (bicyclic) bond motifs is 2. The molecule has 29 heavy (non-hydrogen) atoms. The number of benzene rings is 2. The van der Waals surface area contributed by atoms with Crippen LogP contribution in [0.5, 0.6) is 0 Å². The largest absolute Gasteiger partial charge is 0.324 e. The molecule has 4 rings (SSSR count). The van der Waals surface area contributed by atoms with Gasteiger partial charge in [0, 0.05) is 23.5 Å². The van der Waals surface area contributed by atoms with E-state index in [1.165, 1.54) is 17.8 Å². The number of hydrogen-bond donors (Lipinski definition) is 1. The molecule has 0 spiro atoms. The summed E-state index contributed by atoms with van der Waals surface area (Å²) in [5, 5.41) is 1.67. The van der Waals surface area contributed by atoms with E-state index in [1.54, 1.807) is 30.9 Å². The lowest BCUT2D eigenvalue weighted by molar-refractivity contribution is -0.118. The van der Waals surface area contributed by atoms with Crippen LogP contribution >= 0.6 is 11.8 Å². The van der Waals surface area contributed by atoms with Gasteiger partial charge >= 0.3 is 0 Å². The van der Waals surface area contributed by atoms with Gasteiger partial charge in [0.25, 0.3) is 0 Å². The first-order chi connectivity index (χ1) is 13.8. The summed E-state index contributed by atoms with van der Waals surface area (Å²) in [7, 11) is -3.71. The van der Waals surface area contributed by atoms with Gasteiger partial charge in [-0.05, 0) is 50.1 Å². The van der Waals surface area contributed by atoms with Crippen molar-refractivity contribution in [2.45, 2.75) is 47.0 Å². The van der Waals surface area contributed by atoms with Gasteiger partial charge in [-0.15, -0.1) is 11.8 Å². The van der Waals surface area contributed by atoms with Crippen molar-refractivity contribution in [3.63, 3.8) is 0 Å². The fraction of sp³-hybridized carbons (Fsp3) is 0.333. The zero-order valence-corrected chi connectivity index (χ0v) is 17.8. The Balaban J connectivity index is 1.53.